The number of carboxylic acid groups (broad SMARTS) is 1. The summed E-state index contributed by atoms with van der Waals surface area (Å²) in [6.07, 6.45) is 3.38. The summed E-state index contributed by atoms with van der Waals surface area (Å²) >= 11 is 0. The fourth-order valence-electron chi connectivity index (χ4n) is 3.84. The van der Waals surface area contributed by atoms with Gasteiger partial charge in [0.1, 0.15) is 18.1 Å². The second kappa shape index (κ2) is 13.6. The predicted octanol–water partition coefficient (Wildman–Crippen LogP) is 0.382. The number of hydrogen-bond acceptors (Lipinski definition) is 6. The van der Waals surface area contributed by atoms with E-state index >= 15 is 0 Å². The molecule has 4 unspecified atom stereocenters. The van der Waals surface area contributed by atoms with Crippen LogP contribution in [0.3, 0.4) is 0 Å². The number of carbonyl (C=O) groups is 4. The molecule has 2 rings (SSSR count). The number of hydrogen-bond donors (Lipinski definition) is 7. The van der Waals surface area contributed by atoms with E-state index in [9.17, 15) is 24.3 Å². The van der Waals surface area contributed by atoms with Gasteiger partial charge < -0.3 is 37.5 Å². The number of carboxylic acids is 1. The smallest absolute Gasteiger partial charge is 0.326 e. The van der Waals surface area contributed by atoms with E-state index in [2.05, 4.69) is 20.9 Å². The summed E-state index contributed by atoms with van der Waals surface area (Å²) in [7, 11) is 0. The van der Waals surface area contributed by atoms with Crippen molar-refractivity contribution in [2.24, 2.45) is 17.4 Å². The molecule has 11 heteroatoms. The SMILES string of the molecule is CC(N)C(=O)NC(CCCCN)C(=O)NC(C(=O)NC(Cc1c[nH]c2ccccc12)C(=O)O)C(C)C. The van der Waals surface area contributed by atoms with Crippen LogP contribution in [-0.2, 0) is 25.6 Å². The molecule has 1 aromatic carbocycles. The number of fused-ring (bicyclic) bond motifs is 1. The van der Waals surface area contributed by atoms with Crippen LogP contribution in [0.2, 0.25) is 0 Å². The topological polar surface area (TPSA) is 192 Å². The lowest BCUT2D eigenvalue weighted by atomic mass is 10.00. The molecule has 0 saturated heterocycles. The monoisotopic (exact) mass is 502 g/mol. The minimum atomic E-state index is -1.20. The molecule has 0 spiro atoms. The number of aromatic nitrogens is 1. The van der Waals surface area contributed by atoms with Gasteiger partial charge in [0.25, 0.3) is 0 Å². The van der Waals surface area contributed by atoms with Crippen molar-refractivity contribution in [1.29, 1.82) is 0 Å². The lowest BCUT2D eigenvalue weighted by molar-refractivity contribution is -0.142. The number of nitrogens with two attached hydrogens (primary N) is 2. The lowest BCUT2D eigenvalue weighted by Gasteiger charge is -2.27. The van der Waals surface area contributed by atoms with Crippen LogP contribution in [0.25, 0.3) is 10.9 Å². The highest BCUT2D eigenvalue weighted by Gasteiger charge is 2.31. The Bertz CT molecular complexity index is 1050. The fraction of sp³-hybridized carbons (Fsp3) is 0.520. The molecule has 0 aliphatic carbocycles. The van der Waals surface area contributed by atoms with Gasteiger partial charge in [0.2, 0.25) is 17.7 Å². The summed E-state index contributed by atoms with van der Waals surface area (Å²) < 4.78 is 0. The number of benzene rings is 1. The van der Waals surface area contributed by atoms with Gasteiger partial charge in [0, 0.05) is 23.5 Å². The summed E-state index contributed by atoms with van der Waals surface area (Å²) in [5, 5.41) is 18.5. The predicted molar refractivity (Wildman–Crippen MR) is 137 cm³/mol. The number of rotatable bonds is 14. The largest absolute Gasteiger partial charge is 0.480 e. The van der Waals surface area contributed by atoms with E-state index in [4.69, 9.17) is 11.5 Å². The molecule has 36 heavy (non-hydrogen) atoms. The first-order chi connectivity index (χ1) is 17.0. The number of carbonyl (C=O) groups excluding carboxylic acids is 3. The highest BCUT2D eigenvalue weighted by molar-refractivity contribution is 5.94. The molecule has 0 aliphatic rings. The van der Waals surface area contributed by atoms with Crippen LogP contribution >= 0.6 is 0 Å². The van der Waals surface area contributed by atoms with Gasteiger partial charge in [0.05, 0.1) is 6.04 Å². The highest BCUT2D eigenvalue weighted by Crippen LogP contribution is 2.19. The molecule has 3 amide bonds. The summed E-state index contributed by atoms with van der Waals surface area (Å²) in [4.78, 5) is 53.3. The van der Waals surface area contributed by atoms with Crippen LogP contribution in [0.15, 0.2) is 30.5 Å². The summed E-state index contributed by atoms with van der Waals surface area (Å²) in [6.45, 7) is 5.43. The summed E-state index contributed by atoms with van der Waals surface area (Å²) in [6, 6.07) is 3.57. The zero-order chi connectivity index (χ0) is 26.8. The van der Waals surface area contributed by atoms with E-state index in [1.165, 1.54) is 6.92 Å². The Hall–Kier alpha value is -3.44. The molecule has 0 bridgehead atoms. The third kappa shape index (κ3) is 8.06. The normalized spacial score (nSPS) is 14.6. The van der Waals surface area contributed by atoms with Crippen LogP contribution < -0.4 is 27.4 Å². The van der Waals surface area contributed by atoms with Crippen molar-refractivity contribution in [3.63, 3.8) is 0 Å². The van der Waals surface area contributed by atoms with Crippen LogP contribution in [0.4, 0.5) is 0 Å². The maximum atomic E-state index is 13.1. The summed E-state index contributed by atoms with van der Waals surface area (Å²) in [5.41, 5.74) is 12.8. The lowest BCUT2D eigenvalue weighted by Crippen LogP contribution is -2.58. The molecule has 198 valence electrons. The zero-order valence-electron chi connectivity index (χ0n) is 21.0. The Balaban J connectivity index is 2.14. The molecular formula is C25H38N6O5. The maximum absolute atomic E-state index is 13.1. The van der Waals surface area contributed by atoms with Crippen molar-refractivity contribution < 1.29 is 24.3 Å². The minimum Gasteiger partial charge on any atom is -0.480 e. The number of nitrogens with one attached hydrogen (secondary N) is 4. The third-order valence-electron chi connectivity index (χ3n) is 5.95. The van der Waals surface area contributed by atoms with Gasteiger partial charge in [-0.1, -0.05) is 32.0 Å². The van der Waals surface area contributed by atoms with E-state index in [0.29, 0.717) is 25.8 Å². The van der Waals surface area contributed by atoms with Crippen molar-refractivity contribution in [3.8, 4) is 0 Å². The Labute approximate surface area is 210 Å². The quantitative estimate of drug-likeness (QED) is 0.181. The van der Waals surface area contributed by atoms with Crippen LogP contribution in [0.1, 0.15) is 45.6 Å². The standard InChI is InChI=1S/C25H38N6O5/c1-14(2)21(31-23(33)19(10-6-7-11-26)29-22(32)15(3)27)24(34)30-20(25(35)36)12-16-13-28-18-9-5-4-8-17(16)18/h4-5,8-9,13-15,19-21,28H,6-7,10-12,26-27H2,1-3H3,(H,29,32)(H,30,34)(H,31,33)(H,35,36). The van der Waals surface area contributed by atoms with Gasteiger partial charge in [-0.05, 0) is 50.3 Å². The molecule has 11 nitrogen and oxygen atoms in total. The van der Waals surface area contributed by atoms with Gasteiger partial charge >= 0.3 is 5.97 Å². The van der Waals surface area contributed by atoms with E-state index in [0.717, 1.165) is 16.5 Å². The minimum absolute atomic E-state index is 0.0655. The third-order valence-corrected chi connectivity index (χ3v) is 5.95. The van der Waals surface area contributed by atoms with Crippen molar-refractivity contribution in [1.82, 2.24) is 20.9 Å². The number of aromatic amines is 1. The van der Waals surface area contributed by atoms with Gasteiger partial charge in [0.15, 0.2) is 0 Å². The van der Waals surface area contributed by atoms with Gasteiger partial charge in [-0.15, -0.1) is 0 Å². The number of H-pyrrole nitrogens is 1. The molecule has 1 heterocycles. The Kier molecular flexibility index (Phi) is 10.9. The second-order valence-corrected chi connectivity index (χ2v) is 9.33. The molecule has 0 aliphatic heterocycles. The number of amides is 3. The van der Waals surface area contributed by atoms with Gasteiger partial charge in [-0.3, -0.25) is 14.4 Å². The second-order valence-electron chi connectivity index (χ2n) is 9.33. The molecule has 0 radical (unpaired) electrons. The molecule has 2 aromatic rings. The fourth-order valence-corrected chi connectivity index (χ4v) is 3.84. The molecule has 1 aromatic heterocycles. The molecular weight excluding hydrogens is 464 g/mol. The van der Waals surface area contributed by atoms with E-state index in [1.54, 1.807) is 20.0 Å². The first-order valence-corrected chi connectivity index (χ1v) is 12.2. The van der Waals surface area contributed by atoms with E-state index in [-0.39, 0.29) is 12.3 Å². The first kappa shape index (κ1) is 28.8. The number of para-hydroxylation sites is 1. The molecule has 4 atom stereocenters. The van der Waals surface area contributed by atoms with Crippen molar-refractivity contribution in [3.05, 3.63) is 36.0 Å². The first-order valence-electron chi connectivity index (χ1n) is 12.2. The summed E-state index contributed by atoms with van der Waals surface area (Å²) in [5.74, 6) is -3.18. The van der Waals surface area contributed by atoms with Crippen molar-refractivity contribution in [2.45, 2.75) is 70.6 Å². The maximum Gasteiger partial charge on any atom is 0.326 e. The number of unbranched alkanes of at least 4 members (excludes halogenated alkanes) is 1. The highest BCUT2D eigenvalue weighted by atomic mass is 16.4. The Morgan fingerprint density at radius 3 is 2.22 bits per heavy atom. The average Bonchev–Trinajstić information content (AvgIpc) is 3.23. The van der Waals surface area contributed by atoms with Crippen LogP contribution in [0.5, 0.6) is 0 Å². The van der Waals surface area contributed by atoms with Crippen molar-refractivity contribution >= 4 is 34.6 Å². The van der Waals surface area contributed by atoms with E-state index < -0.39 is 47.9 Å². The Morgan fingerprint density at radius 2 is 1.61 bits per heavy atom. The Morgan fingerprint density at radius 1 is 0.944 bits per heavy atom. The van der Waals surface area contributed by atoms with Gasteiger partial charge in [-0.25, -0.2) is 4.79 Å². The van der Waals surface area contributed by atoms with Crippen LogP contribution in [-0.4, -0.2) is 64.5 Å². The van der Waals surface area contributed by atoms with Crippen molar-refractivity contribution in [2.75, 3.05) is 6.54 Å². The van der Waals surface area contributed by atoms with E-state index in [1.807, 2.05) is 24.3 Å². The molecule has 0 fully saturated rings. The molecule has 0 saturated carbocycles. The molecule has 9 N–H and O–H groups in total. The zero-order valence-corrected chi connectivity index (χ0v) is 21.0. The average molecular weight is 503 g/mol. The van der Waals surface area contributed by atoms with Gasteiger partial charge in [-0.2, -0.15) is 0 Å². The van der Waals surface area contributed by atoms with Crippen LogP contribution in [0, 0.1) is 5.92 Å². The number of aliphatic carboxylic acids is 1.